The summed E-state index contributed by atoms with van der Waals surface area (Å²) in [5, 5.41) is 15.5. The SMILES string of the molecule is CC(C)c1nn(C)c(CC(N)C(C)C)c1[N+](=O)[O-]. The fourth-order valence-corrected chi connectivity index (χ4v) is 1.85. The Morgan fingerprint density at radius 3 is 2.33 bits per heavy atom. The van der Waals surface area contributed by atoms with E-state index in [1.807, 2.05) is 27.7 Å². The van der Waals surface area contributed by atoms with Crippen LogP contribution in [0.25, 0.3) is 0 Å². The Morgan fingerprint density at radius 2 is 1.94 bits per heavy atom. The lowest BCUT2D eigenvalue weighted by molar-refractivity contribution is -0.386. The van der Waals surface area contributed by atoms with Crippen molar-refractivity contribution in [1.82, 2.24) is 9.78 Å². The molecule has 0 aliphatic carbocycles. The number of rotatable bonds is 5. The Hall–Kier alpha value is -1.43. The topological polar surface area (TPSA) is 87.0 Å². The van der Waals surface area contributed by atoms with Gasteiger partial charge in [0.25, 0.3) is 0 Å². The van der Waals surface area contributed by atoms with E-state index in [0.29, 0.717) is 17.8 Å². The van der Waals surface area contributed by atoms with Gasteiger partial charge < -0.3 is 5.73 Å². The van der Waals surface area contributed by atoms with Crippen LogP contribution < -0.4 is 5.73 Å². The van der Waals surface area contributed by atoms with Crippen molar-refractivity contribution in [3.63, 3.8) is 0 Å². The predicted molar refractivity (Wildman–Crippen MR) is 70.5 cm³/mol. The minimum absolute atomic E-state index is 0.0284. The summed E-state index contributed by atoms with van der Waals surface area (Å²) < 4.78 is 1.59. The Kier molecular flexibility index (Phi) is 4.45. The molecule has 0 saturated carbocycles. The predicted octanol–water partition coefficient (Wildman–Crippen LogP) is 1.98. The zero-order valence-electron chi connectivity index (χ0n) is 11.7. The van der Waals surface area contributed by atoms with Gasteiger partial charge in [0.15, 0.2) is 0 Å². The molecule has 6 nitrogen and oxygen atoms in total. The monoisotopic (exact) mass is 254 g/mol. The van der Waals surface area contributed by atoms with Crippen molar-refractivity contribution in [2.75, 3.05) is 0 Å². The average molecular weight is 254 g/mol. The van der Waals surface area contributed by atoms with Crippen LogP contribution in [-0.4, -0.2) is 20.7 Å². The summed E-state index contributed by atoms with van der Waals surface area (Å²) in [5.41, 5.74) is 7.29. The van der Waals surface area contributed by atoms with Crippen molar-refractivity contribution in [3.05, 3.63) is 21.5 Å². The van der Waals surface area contributed by atoms with Gasteiger partial charge in [-0.25, -0.2) is 0 Å². The van der Waals surface area contributed by atoms with Crippen LogP contribution >= 0.6 is 0 Å². The van der Waals surface area contributed by atoms with Gasteiger partial charge in [0.1, 0.15) is 11.4 Å². The molecule has 0 fully saturated rings. The molecule has 6 heteroatoms. The molecule has 0 aliphatic rings. The molecule has 0 aliphatic heterocycles. The molecule has 0 saturated heterocycles. The largest absolute Gasteiger partial charge is 0.327 e. The second kappa shape index (κ2) is 5.48. The Bertz CT molecular complexity index is 438. The minimum atomic E-state index is -0.343. The van der Waals surface area contributed by atoms with E-state index in [1.54, 1.807) is 11.7 Å². The Labute approximate surface area is 107 Å². The van der Waals surface area contributed by atoms with Gasteiger partial charge in [-0.15, -0.1) is 0 Å². The summed E-state index contributed by atoms with van der Waals surface area (Å²) in [4.78, 5) is 10.9. The van der Waals surface area contributed by atoms with E-state index >= 15 is 0 Å². The van der Waals surface area contributed by atoms with Crippen LogP contribution in [0.3, 0.4) is 0 Å². The van der Waals surface area contributed by atoms with Crippen LogP contribution in [0.2, 0.25) is 0 Å². The smallest absolute Gasteiger partial charge is 0.313 e. The van der Waals surface area contributed by atoms with Crippen molar-refractivity contribution in [1.29, 1.82) is 0 Å². The van der Waals surface area contributed by atoms with E-state index in [2.05, 4.69) is 5.10 Å². The highest BCUT2D eigenvalue weighted by molar-refractivity contribution is 5.43. The van der Waals surface area contributed by atoms with Crippen molar-refractivity contribution >= 4 is 5.69 Å². The van der Waals surface area contributed by atoms with Gasteiger partial charge in [-0.3, -0.25) is 14.8 Å². The molecule has 0 aromatic carbocycles. The van der Waals surface area contributed by atoms with Gasteiger partial charge >= 0.3 is 5.69 Å². The first kappa shape index (κ1) is 14.6. The van der Waals surface area contributed by atoms with E-state index in [0.717, 1.165) is 0 Å². The zero-order valence-corrected chi connectivity index (χ0v) is 11.7. The highest BCUT2D eigenvalue weighted by Crippen LogP contribution is 2.30. The molecule has 1 unspecified atom stereocenters. The van der Waals surface area contributed by atoms with E-state index in [1.165, 1.54) is 0 Å². The second-order valence-electron chi connectivity index (χ2n) is 5.33. The van der Waals surface area contributed by atoms with Gasteiger partial charge in [-0.05, 0) is 5.92 Å². The molecular weight excluding hydrogens is 232 g/mol. The van der Waals surface area contributed by atoms with Gasteiger partial charge in [-0.2, -0.15) is 5.10 Å². The van der Waals surface area contributed by atoms with Crippen LogP contribution in [0, 0.1) is 16.0 Å². The molecule has 102 valence electrons. The Balaban J connectivity index is 3.22. The van der Waals surface area contributed by atoms with Gasteiger partial charge in [0, 0.05) is 25.4 Å². The van der Waals surface area contributed by atoms with Crippen LogP contribution in [-0.2, 0) is 13.5 Å². The van der Waals surface area contributed by atoms with Gasteiger partial charge in [-0.1, -0.05) is 27.7 Å². The minimum Gasteiger partial charge on any atom is -0.327 e. The molecule has 0 radical (unpaired) electrons. The molecule has 18 heavy (non-hydrogen) atoms. The number of aromatic nitrogens is 2. The highest BCUT2D eigenvalue weighted by Gasteiger charge is 2.29. The molecule has 0 amide bonds. The maximum atomic E-state index is 11.2. The molecule has 1 aromatic rings. The van der Waals surface area contributed by atoms with Crippen LogP contribution in [0.4, 0.5) is 5.69 Å². The number of hydrogen-bond donors (Lipinski definition) is 1. The van der Waals surface area contributed by atoms with E-state index in [9.17, 15) is 10.1 Å². The lowest BCUT2D eigenvalue weighted by Crippen LogP contribution is -2.29. The molecule has 1 heterocycles. The second-order valence-corrected chi connectivity index (χ2v) is 5.33. The number of aryl methyl sites for hydroxylation is 1. The third kappa shape index (κ3) is 2.87. The third-order valence-electron chi connectivity index (χ3n) is 3.18. The molecule has 1 aromatic heterocycles. The summed E-state index contributed by atoms with van der Waals surface area (Å²) in [6, 6.07) is -0.0980. The summed E-state index contributed by atoms with van der Waals surface area (Å²) in [6.45, 7) is 7.83. The van der Waals surface area contributed by atoms with Gasteiger partial charge in [0.05, 0.1) is 4.92 Å². The summed E-state index contributed by atoms with van der Waals surface area (Å²) in [7, 11) is 1.74. The van der Waals surface area contributed by atoms with Crippen molar-refractivity contribution in [2.45, 2.75) is 46.1 Å². The molecular formula is C12H22N4O2. The van der Waals surface area contributed by atoms with Crippen molar-refractivity contribution in [2.24, 2.45) is 18.7 Å². The molecule has 0 bridgehead atoms. The average Bonchev–Trinajstić information content (AvgIpc) is 2.56. The normalized spacial score (nSPS) is 13.3. The zero-order chi connectivity index (χ0) is 14.0. The van der Waals surface area contributed by atoms with Crippen LogP contribution in [0.15, 0.2) is 0 Å². The maximum absolute atomic E-state index is 11.2. The quantitative estimate of drug-likeness (QED) is 0.643. The van der Waals surface area contributed by atoms with Gasteiger partial charge in [0.2, 0.25) is 0 Å². The van der Waals surface area contributed by atoms with Crippen LogP contribution in [0.1, 0.15) is 45.0 Å². The first-order chi connectivity index (χ1) is 8.25. The number of nitrogens with two attached hydrogens (primary N) is 1. The first-order valence-electron chi connectivity index (χ1n) is 6.21. The van der Waals surface area contributed by atoms with E-state index in [-0.39, 0.29) is 28.5 Å². The summed E-state index contributed by atoms with van der Waals surface area (Å²) >= 11 is 0. The fourth-order valence-electron chi connectivity index (χ4n) is 1.85. The molecule has 1 atom stereocenters. The highest BCUT2D eigenvalue weighted by atomic mass is 16.6. The Morgan fingerprint density at radius 1 is 1.39 bits per heavy atom. The standard InChI is InChI=1S/C12H22N4O2/c1-7(2)9(13)6-10-12(16(17)18)11(8(3)4)14-15(10)5/h7-9H,6,13H2,1-5H3. The lowest BCUT2D eigenvalue weighted by Gasteiger charge is -2.14. The lowest BCUT2D eigenvalue weighted by atomic mass is 9.98. The fraction of sp³-hybridized carbons (Fsp3) is 0.750. The molecule has 1 rings (SSSR count). The first-order valence-corrected chi connectivity index (χ1v) is 6.21. The summed E-state index contributed by atoms with van der Waals surface area (Å²) in [6.07, 6.45) is 0.476. The number of hydrogen-bond acceptors (Lipinski definition) is 4. The number of nitro groups is 1. The van der Waals surface area contributed by atoms with E-state index < -0.39 is 0 Å². The molecule has 2 N–H and O–H groups in total. The summed E-state index contributed by atoms with van der Waals surface area (Å²) in [5.74, 6) is 0.308. The van der Waals surface area contributed by atoms with E-state index in [4.69, 9.17) is 5.73 Å². The maximum Gasteiger partial charge on any atom is 0.313 e. The van der Waals surface area contributed by atoms with Crippen molar-refractivity contribution in [3.8, 4) is 0 Å². The molecule has 0 spiro atoms. The van der Waals surface area contributed by atoms with Crippen LogP contribution in [0.5, 0.6) is 0 Å². The third-order valence-corrected chi connectivity index (χ3v) is 3.18. The van der Waals surface area contributed by atoms with Crippen molar-refractivity contribution < 1.29 is 4.92 Å². The number of nitrogens with zero attached hydrogens (tertiary/aromatic N) is 3.